The lowest BCUT2D eigenvalue weighted by Crippen LogP contribution is -2.13. The van der Waals surface area contributed by atoms with Gasteiger partial charge in [0.1, 0.15) is 0 Å². The molecule has 0 saturated heterocycles. The number of halogens is 2. The fraction of sp³-hybridized carbons (Fsp3) is 0.100. The molecule has 0 atom stereocenters. The number of nitrogens with zero attached hydrogens (tertiary/aromatic N) is 2. The monoisotopic (exact) mass is 383 g/mol. The van der Waals surface area contributed by atoms with Crippen LogP contribution in [-0.2, 0) is 11.3 Å². The van der Waals surface area contributed by atoms with Crippen LogP contribution in [0.25, 0.3) is 22.6 Å². The van der Waals surface area contributed by atoms with E-state index in [4.69, 9.17) is 28.9 Å². The third kappa shape index (κ3) is 3.75. The molecule has 0 aliphatic heterocycles. The van der Waals surface area contributed by atoms with Gasteiger partial charge in [-0.3, -0.25) is 4.79 Å². The molecule has 2 N–H and O–H groups in total. The highest BCUT2D eigenvalue weighted by atomic mass is 35.5. The van der Waals surface area contributed by atoms with E-state index < -0.39 is 0 Å². The second kappa shape index (κ2) is 7.65. The van der Waals surface area contributed by atoms with E-state index in [-0.39, 0.29) is 12.3 Å². The summed E-state index contributed by atoms with van der Waals surface area (Å²) < 4.78 is 1.97. The highest BCUT2D eigenvalue weighted by molar-refractivity contribution is 6.42. The van der Waals surface area contributed by atoms with Gasteiger partial charge in [-0.1, -0.05) is 47.5 Å². The molecular formula is C20H15Cl2N3O. The van der Waals surface area contributed by atoms with Crippen molar-refractivity contribution in [3.8, 4) is 6.07 Å². The fourth-order valence-corrected chi connectivity index (χ4v) is 3.10. The van der Waals surface area contributed by atoms with Crippen LogP contribution in [-0.4, -0.2) is 10.5 Å². The molecule has 130 valence electrons. The van der Waals surface area contributed by atoms with Crippen molar-refractivity contribution < 1.29 is 4.79 Å². The molecule has 3 aromatic rings. The van der Waals surface area contributed by atoms with Crippen molar-refractivity contribution in [1.29, 1.82) is 5.26 Å². The molecular weight excluding hydrogens is 369 g/mol. The lowest BCUT2D eigenvalue weighted by molar-refractivity contribution is -0.118. The van der Waals surface area contributed by atoms with Crippen LogP contribution in [0.2, 0.25) is 10.0 Å². The Morgan fingerprint density at radius 3 is 2.65 bits per heavy atom. The summed E-state index contributed by atoms with van der Waals surface area (Å²) >= 11 is 12.0. The Balaban J connectivity index is 2.08. The third-order valence-corrected chi connectivity index (χ3v) is 4.81. The van der Waals surface area contributed by atoms with E-state index in [0.29, 0.717) is 27.7 Å². The number of nitriles is 1. The normalized spacial score (nSPS) is 11.5. The largest absolute Gasteiger partial charge is 0.370 e. The summed E-state index contributed by atoms with van der Waals surface area (Å²) in [4.78, 5) is 11.1. The van der Waals surface area contributed by atoms with Gasteiger partial charge in [-0.05, 0) is 29.8 Å². The average molecular weight is 384 g/mol. The number of fused-ring (bicyclic) bond motifs is 1. The molecule has 1 heterocycles. The van der Waals surface area contributed by atoms with E-state index >= 15 is 0 Å². The summed E-state index contributed by atoms with van der Waals surface area (Å²) in [5.74, 6) is -0.353. The maximum atomic E-state index is 11.1. The van der Waals surface area contributed by atoms with Crippen molar-refractivity contribution in [1.82, 2.24) is 4.57 Å². The highest BCUT2D eigenvalue weighted by Gasteiger charge is 2.10. The Morgan fingerprint density at radius 2 is 1.96 bits per heavy atom. The number of aryl methyl sites for hydroxylation is 1. The molecule has 6 heteroatoms. The summed E-state index contributed by atoms with van der Waals surface area (Å²) in [6, 6.07) is 15.1. The maximum Gasteiger partial charge on any atom is 0.219 e. The van der Waals surface area contributed by atoms with Crippen molar-refractivity contribution in [3.63, 3.8) is 0 Å². The van der Waals surface area contributed by atoms with Crippen LogP contribution in [0.4, 0.5) is 0 Å². The van der Waals surface area contributed by atoms with Crippen molar-refractivity contribution in [2.75, 3.05) is 0 Å². The summed E-state index contributed by atoms with van der Waals surface area (Å²) in [5.41, 5.74) is 8.29. The second-order valence-electron chi connectivity index (χ2n) is 5.81. The predicted octanol–water partition coefficient (Wildman–Crippen LogP) is 4.89. The Morgan fingerprint density at radius 1 is 1.19 bits per heavy atom. The molecule has 0 bridgehead atoms. The van der Waals surface area contributed by atoms with Gasteiger partial charge < -0.3 is 10.3 Å². The highest BCUT2D eigenvalue weighted by Crippen LogP contribution is 2.29. The maximum absolute atomic E-state index is 11.1. The van der Waals surface area contributed by atoms with Crippen molar-refractivity contribution in [3.05, 3.63) is 69.8 Å². The number of carbonyl (C=O) groups excluding carboxylic acids is 1. The molecule has 1 amide bonds. The molecule has 4 nitrogen and oxygen atoms in total. The average Bonchev–Trinajstić information content (AvgIpc) is 2.98. The van der Waals surface area contributed by atoms with Crippen molar-refractivity contribution in [2.24, 2.45) is 5.73 Å². The van der Waals surface area contributed by atoms with E-state index in [0.717, 1.165) is 16.5 Å². The molecule has 26 heavy (non-hydrogen) atoms. The molecule has 0 fully saturated rings. The van der Waals surface area contributed by atoms with Crippen molar-refractivity contribution in [2.45, 2.75) is 13.0 Å². The quantitative estimate of drug-likeness (QED) is 0.637. The van der Waals surface area contributed by atoms with E-state index in [1.54, 1.807) is 18.2 Å². The van der Waals surface area contributed by atoms with Gasteiger partial charge in [-0.25, -0.2) is 0 Å². The number of primary amides is 1. The molecule has 3 rings (SSSR count). The molecule has 0 unspecified atom stereocenters. The first kappa shape index (κ1) is 18.1. The Kier molecular flexibility index (Phi) is 5.32. The van der Waals surface area contributed by atoms with Gasteiger partial charge in [0.15, 0.2) is 0 Å². The first-order valence-corrected chi connectivity index (χ1v) is 8.68. The Hall–Kier alpha value is -2.74. The third-order valence-electron chi connectivity index (χ3n) is 4.07. The SMILES string of the molecule is N#C/C(=C\c1cn(CCC(N)=O)c2ccccc12)c1ccc(Cl)c(Cl)c1. The number of aromatic nitrogens is 1. The minimum atomic E-state index is -0.353. The van der Waals surface area contributed by atoms with Crippen LogP contribution in [0.3, 0.4) is 0 Å². The smallest absolute Gasteiger partial charge is 0.219 e. The summed E-state index contributed by atoms with van der Waals surface area (Å²) in [6.07, 6.45) is 3.98. The van der Waals surface area contributed by atoms with E-state index in [1.165, 1.54) is 0 Å². The lowest BCUT2D eigenvalue weighted by Gasteiger charge is -2.02. The number of nitrogens with two attached hydrogens (primary N) is 1. The summed E-state index contributed by atoms with van der Waals surface area (Å²) in [6.45, 7) is 0.484. The fourth-order valence-electron chi connectivity index (χ4n) is 2.81. The summed E-state index contributed by atoms with van der Waals surface area (Å²) in [5, 5.41) is 11.4. The zero-order chi connectivity index (χ0) is 18.7. The first-order valence-electron chi connectivity index (χ1n) is 7.93. The van der Waals surface area contributed by atoms with Crippen LogP contribution in [0.15, 0.2) is 48.7 Å². The number of para-hydroxylation sites is 1. The number of carbonyl (C=O) groups is 1. The van der Waals surface area contributed by atoms with Gasteiger partial charge in [0.25, 0.3) is 0 Å². The lowest BCUT2D eigenvalue weighted by atomic mass is 10.0. The second-order valence-corrected chi connectivity index (χ2v) is 6.62. The van der Waals surface area contributed by atoms with Crippen LogP contribution < -0.4 is 5.73 Å². The minimum absolute atomic E-state index is 0.250. The van der Waals surface area contributed by atoms with E-state index in [1.807, 2.05) is 41.1 Å². The number of allylic oxidation sites excluding steroid dienone is 1. The number of hydrogen-bond acceptors (Lipinski definition) is 2. The number of rotatable bonds is 5. The molecule has 0 spiro atoms. The van der Waals surface area contributed by atoms with Crippen LogP contribution in [0, 0.1) is 11.3 Å². The molecule has 0 saturated carbocycles. The molecule has 0 radical (unpaired) electrons. The van der Waals surface area contributed by atoms with Gasteiger partial charge in [0, 0.05) is 35.6 Å². The first-order chi connectivity index (χ1) is 12.5. The Bertz CT molecular complexity index is 1060. The standard InChI is InChI=1S/C20H15Cl2N3O/c21-17-6-5-13(10-18(17)22)14(11-23)9-15-12-25(8-7-20(24)26)19-4-2-1-3-16(15)19/h1-6,9-10,12H,7-8H2,(H2,24,26)/b14-9+. The van der Waals surface area contributed by atoms with Gasteiger partial charge in [0.2, 0.25) is 5.91 Å². The minimum Gasteiger partial charge on any atom is -0.370 e. The number of benzene rings is 2. The predicted molar refractivity (Wildman–Crippen MR) is 106 cm³/mol. The molecule has 0 aliphatic rings. The van der Waals surface area contributed by atoms with E-state index in [2.05, 4.69) is 6.07 Å². The van der Waals surface area contributed by atoms with Gasteiger partial charge in [-0.2, -0.15) is 5.26 Å². The van der Waals surface area contributed by atoms with Crippen molar-refractivity contribution >= 4 is 51.7 Å². The van der Waals surface area contributed by atoms with Gasteiger partial charge in [0.05, 0.1) is 21.7 Å². The molecule has 2 aromatic carbocycles. The van der Waals surface area contributed by atoms with Gasteiger partial charge in [-0.15, -0.1) is 0 Å². The molecule has 0 aliphatic carbocycles. The zero-order valence-electron chi connectivity index (χ0n) is 13.7. The number of hydrogen-bond donors (Lipinski definition) is 1. The number of amides is 1. The molecule has 1 aromatic heterocycles. The van der Waals surface area contributed by atoms with E-state index in [9.17, 15) is 10.1 Å². The zero-order valence-corrected chi connectivity index (χ0v) is 15.3. The van der Waals surface area contributed by atoms with Crippen LogP contribution >= 0.6 is 23.2 Å². The van der Waals surface area contributed by atoms with Crippen LogP contribution in [0.5, 0.6) is 0 Å². The van der Waals surface area contributed by atoms with Crippen LogP contribution in [0.1, 0.15) is 17.5 Å². The summed E-state index contributed by atoms with van der Waals surface area (Å²) in [7, 11) is 0. The Labute approximate surface area is 161 Å². The van der Waals surface area contributed by atoms with Gasteiger partial charge >= 0.3 is 0 Å². The topological polar surface area (TPSA) is 71.8 Å².